The van der Waals surface area contributed by atoms with Gasteiger partial charge in [-0.15, -0.1) is 0 Å². The SMILES string of the molecule is CC(Cn1cccn1)NCc1cn(C)nc1C(C)(C)C. The highest BCUT2D eigenvalue weighted by Gasteiger charge is 2.21. The molecular formula is C15H25N5. The number of nitrogens with one attached hydrogen (secondary N) is 1. The standard InChI is InChI=1S/C15H25N5/c1-12(10-20-8-6-7-17-20)16-9-13-11-19(5)18-14(13)15(2,3)4/h6-8,11-12,16H,9-10H2,1-5H3. The lowest BCUT2D eigenvalue weighted by Crippen LogP contribution is -2.31. The maximum atomic E-state index is 4.59. The molecule has 0 bridgehead atoms. The van der Waals surface area contributed by atoms with Crippen molar-refractivity contribution >= 4 is 0 Å². The molecule has 2 heterocycles. The maximum absolute atomic E-state index is 4.59. The molecule has 0 aliphatic heterocycles. The van der Waals surface area contributed by atoms with Gasteiger partial charge in [-0.2, -0.15) is 10.2 Å². The van der Waals surface area contributed by atoms with E-state index in [2.05, 4.69) is 49.4 Å². The highest BCUT2D eigenvalue weighted by molar-refractivity contribution is 5.23. The van der Waals surface area contributed by atoms with Crippen LogP contribution in [0.5, 0.6) is 0 Å². The minimum absolute atomic E-state index is 0.0729. The maximum Gasteiger partial charge on any atom is 0.0722 e. The van der Waals surface area contributed by atoms with E-state index in [1.165, 1.54) is 11.3 Å². The van der Waals surface area contributed by atoms with E-state index in [9.17, 15) is 0 Å². The van der Waals surface area contributed by atoms with Crippen molar-refractivity contribution in [1.82, 2.24) is 24.9 Å². The summed E-state index contributed by atoms with van der Waals surface area (Å²) in [6, 6.07) is 2.31. The molecule has 0 fully saturated rings. The van der Waals surface area contributed by atoms with E-state index in [0.29, 0.717) is 6.04 Å². The topological polar surface area (TPSA) is 47.7 Å². The third kappa shape index (κ3) is 3.70. The highest BCUT2D eigenvalue weighted by Crippen LogP contribution is 2.24. The number of hydrogen-bond acceptors (Lipinski definition) is 3. The van der Waals surface area contributed by atoms with Crippen LogP contribution in [0.2, 0.25) is 0 Å². The number of hydrogen-bond donors (Lipinski definition) is 1. The molecule has 2 rings (SSSR count). The van der Waals surface area contributed by atoms with Crippen LogP contribution in [0.1, 0.15) is 39.0 Å². The third-order valence-electron chi connectivity index (χ3n) is 3.28. The van der Waals surface area contributed by atoms with Crippen molar-refractivity contribution in [2.75, 3.05) is 0 Å². The Morgan fingerprint density at radius 3 is 2.70 bits per heavy atom. The minimum Gasteiger partial charge on any atom is -0.308 e. The van der Waals surface area contributed by atoms with Crippen LogP contribution in [0.4, 0.5) is 0 Å². The van der Waals surface area contributed by atoms with Gasteiger partial charge in [-0.25, -0.2) is 0 Å². The monoisotopic (exact) mass is 275 g/mol. The molecule has 5 heteroatoms. The smallest absolute Gasteiger partial charge is 0.0722 e. The lowest BCUT2D eigenvalue weighted by molar-refractivity contribution is 0.447. The zero-order valence-electron chi connectivity index (χ0n) is 13.1. The first-order valence-corrected chi connectivity index (χ1v) is 7.10. The van der Waals surface area contributed by atoms with Crippen molar-refractivity contribution in [3.8, 4) is 0 Å². The first kappa shape index (κ1) is 14.8. The van der Waals surface area contributed by atoms with E-state index in [-0.39, 0.29) is 5.41 Å². The van der Waals surface area contributed by atoms with E-state index in [4.69, 9.17) is 0 Å². The van der Waals surface area contributed by atoms with Crippen LogP contribution in [-0.2, 0) is 25.6 Å². The molecule has 20 heavy (non-hydrogen) atoms. The molecule has 0 spiro atoms. The lowest BCUT2D eigenvalue weighted by atomic mass is 9.89. The number of aromatic nitrogens is 4. The second kappa shape index (κ2) is 5.79. The fourth-order valence-electron chi connectivity index (χ4n) is 2.34. The predicted octanol–water partition coefficient (Wildman–Crippen LogP) is 2.09. The van der Waals surface area contributed by atoms with E-state index in [1.807, 2.05) is 34.9 Å². The second-order valence-electron chi connectivity index (χ2n) is 6.44. The van der Waals surface area contributed by atoms with E-state index in [0.717, 1.165) is 13.1 Å². The first-order valence-electron chi connectivity index (χ1n) is 7.10. The largest absolute Gasteiger partial charge is 0.308 e. The van der Waals surface area contributed by atoms with Crippen molar-refractivity contribution in [3.05, 3.63) is 35.9 Å². The Hall–Kier alpha value is -1.62. The van der Waals surface area contributed by atoms with Gasteiger partial charge in [0, 0.05) is 49.2 Å². The van der Waals surface area contributed by atoms with Crippen molar-refractivity contribution in [3.63, 3.8) is 0 Å². The molecule has 0 aliphatic rings. The van der Waals surface area contributed by atoms with Crippen LogP contribution in [0.15, 0.2) is 24.7 Å². The van der Waals surface area contributed by atoms with Crippen LogP contribution >= 0.6 is 0 Å². The zero-order valence-corrected chi connectivity index (χ0v) is 13.1. The Kier molecular flexibility index (Phi) is 4.28. The molecule has 0 radical (unpaired) electrons. The summed E-state index contributed by atoms with van der Waals surface area (Å²) >= 11 is 0. The minimum atomic E-state index is 0.0729. The van der Waals surface area contributed by atoms with Crippen molar-refractivity contribution in [2.45, 2.75) is 52.2 Å². The molecular weight excluding hydrogens is 250 g/mol. The number of nitrogens with zero attached hydrogens (tertiary/aromatic N) is 4. The van der Waals surface area contributed by atoms with Gasteiger partial charge in [0.25, 0.3) is 0 Å². The summed E-state index contributed by atoms with van der Waals surface area (Å²) in [4.78, 5) is 0. The van der Waals surface area contributed by atoms with Gasteiger partial charge < -0.3 is 5.32 Å². The summed E-state index contributed by atoms with van der Waals surface area (Å²) < 4.78 is 3.85. The summed E-state index contributed by atoms with van der Waals surface area (Å²) in [5.41, 5.74) is 2.51. The van der Waals surface area contributed by atoms with Gasteiger partial charge in [-0.1, -0.05) is 20.8 Å². The van der Waals surface area contributed by atoms with Gasteiger partial charge in [0.15, 0.2) is 0 Å². The fourth-order valence-corrected chi connectivity index (χ4v) is 2.34. The summed E-state index contributed by atoms with van der Waals surface area (Å²) in [6.45, 7) is 10.5. The highest BCUT2D eigenvalue weighted by atomic mass is 15.3. The first-order chi connectivity index (χ1) is 9.36. The molecule has 0 aromatic carbocycles. The summed E-state index contributed by atoms with van der Waals surface area (Å²) in [5, 5.41) is 12.4. The molecule has 1 N–H and O–H groups in total. The van der Waals surface area contributed by atoms with Gasteiger partial charge >= 0.3 is 0 Å². The molecule has 1 unspecified atom stereocenters. The Morgan fingerprint density at radius 2 is 2.10 bits per heavy atom. The Morgan fingerprint density at radius 1 is 1.35 bits per heavy atom. The van der Waals surface area contributed by atoms with E-state index in [1.54, 1.807) is 0 Å². The Bertz CT molecular complexity index is 533. The molecule has 110 valence electrons. The quantitative estimate of drug-likeness (QED) is 0.909. The molecule has 5 nitrogen and oxygen atoms in total. The molecule has 0 aliphatic carbocycles. The fraction of sp³-hybridized carbons (Fsp3) is 0.600. The van der Waals surface area contributed by atoms with Crippen molar-refractivity contribution in [1.29, 1.82) is 0 Å². The van der Waals surface area contributed by atoms with Crippen LogP contribution < -0.4 is 5.32 Å². The molecule has 2 aromatic rings. The van der Waals surface area contributed by atoms with Crippen molar-refractivity contribution < 1.29 is 0 Å². The summed E-state index contributed by atoms with van der Waals surface area (Å²) in [5.74, 6) is 0. The molecule has 1 atom stereocenters. The molecule has 0 saturated carbocycles. The van der Waals surface area contributed by atoms with Gasteiger partial charge in [0.1, 0.15) is 0 Å². The van der Waals surface area contributed by atoms with Gasteiger partial charge in [0.2, 0.25) is 0 Å². The average molecular weight is 275 g/mol. The van der Waals surface area contributed by atoms with Crippen LogP contribution in [0, 0.1) is 0 Å². The van der Waals surface area contributed by atoms with Crippen LogP contribution in [-0.4, -0.2) is 25.6 Å². The van der Waals surface area contributed by atoms with E-state index >= 15 is 0 Å². The summed E-state index contributed by atoms with van der Waals surface area (Å²) in [6.07, 6.45) is 5.91. The van der Waals surface area contributed by atoms with E-state index < -0.39 is 0 Å². The average Bonchev–Trinajstić information content (AvgIpc) is 2.95. The Labute approximate surface area is 121 Å². The zero-order chi connectivity index (χ0) is 14.8. The summed E-state index contributed by atoms with van der Waals surface area (Å²) in [7, 11) is 1.98. The van der Waals surface area contributed by atoms with Crippen LogP contribution in [0.3, 0.4) is 0 Å². The lowest BCUT2D eigenvalue weighted by Gasteiger charge is -2.19. The van der Waals surface area contributed by atoms with Crippen molar-refractivity contribution in [2.24, 2.45) is 7.05 Å². The normalized spacial score (nSPS) is 13.7. The number of rotatable bonds is 5. The second-order valence-corrected chi connectivity index (χ2v) is 6.44. The number of aryl methyl sites for hydroxylation is 1. The van der Waals surface area contributed by atoms with Gasteiger partial charge in [-0.05, 0) is 13.0 Å². The molecule has 0 amide bonds. The molecule has 0 saturated heterocycles. The predicted molar refractivity (Wildman–Crippen MR) is 80.4 cm³/mol. The Balaban J connectivity index is 1.97. The van der Waals surface area contributed by atoms with Gasteiger partial charge in [-0.3, -0.25) is 9.36 Å². The molecule has 2 aromatic heterocycles. The third-order valence-corrected chi connectivity index (χ3v) is 3.28. The van der Waals surface area contributed by atoms with Crippen LogP contribution in [0.25, 0.3) is 0 Å². The van der Waals surface area contributed by atoms with Gasteiger partial charge in [0.05, 0.1) is 12.2 Å².